The zero-order chi connectivity index (χ0) is 20.6. The summed E-state index contributed by atoms with van der Waals surface area (Å²) in [6.45, 7) is 3.26. The summed E-state index contributed by atoms with van der Waals surface area (Å²) in [6, 6.07) is 13.6. The number of anilines is 1. The zero-order valence-corrected chi connectivity index (χ0v) is 16.5. The van der Waals surface area contributed by atoms with E-state index in [1.807, 2.05) is 24.3 Å². The Kier molecular flexibility index (Phi) is 4.67. The molecule has 0 saturated heterocycles. The number of sulfone groups is 1. The van der Waals surface area contributed by atoms with Gasteiger partial charge in [-0.2, -0.15) is 0 Å². The fraction of sp³-hybridized carbons (Fsp3) is 0.150. The molecule has 29 heavy (non-hydrogen) atoms. The second-order valence-electron chi connectivity index (χ2n) is 6.73. The number of amides is 1. The summed E-state index contributed by atoms with van der Waals surface area (Å²) < 4.78 is 29.9. The number of nitrogens with zero attached hydrogens (tertiary/aromatic N) is 2. The first-order valence-electron chi connectivity index (χ1n) is 8.91. The van der Waals surface area contributed by atoms with E-state index in [1.165, 1.54) is 12.1 Å². The lowest BCUT2D eigenvalue weighted by molar-refractivity contribution is 0.102. The molecule has 4 rings (SSSR count). The number of fused-ring (bicyclic) bond motifs is 1. The summed E-state index contributed by atoms with van der Waals surface area (Å²) in [6.07, 6.45) is 1.62. The normalized spacial score (nSPS) is 11.8. The molecular weight excluding hydrogens is 392 g/mol. The van der Waals surface area contributed by atoms with E-state index in [9.17, 15) is 13.2 Å². The third kappa shape index (κ3) is 3.52. The Morgan fingerprint density at radius 1 is 1.07 bits per heavy atom. The minimum atomic E-state index is -3.36. The summed E-state index contributed by atoms with van der Waals surface area (Å²) in [5, 5.41) is 10.6. The number of para-hydroxylation sites is 1. The van der Waals surface area contributed by atoms with Gasteiger partial charge in [-0.05, 0) is 44.2 Å². The van der Waals surface area contributed by atoms with E-state index in [0.29, 0.717) is 11.1 Å². The third-order valence-electron chi connectivity index (χ3n) is 4.53. The molecule has 0 spiro atoms. The van der Waals surface area contributed by atoms with Gasteiger partial charge in [0.25, 0.3) is 5.91 Å². The van der Waals surface area contributed by atoms with E-state index in [2.05, 4.69) is 20.5 Å². The van der Waals surface area contributed by atoms with Gasteiger partial charge in [-0.3, -0.25) is 10.1 Å². The molecule has 0 bridgehead atoms. The SMILES string of the molecule is CC(C)S(=O)(=O)c1ccc(-c2nnc(NC(=O)c3c[nH]c4ccccc34)o2)cc1. The molecule has 0 aliphatic heterocycles. The Morgan fingerprint density at radius 2 is 1.79 bits per heavy atom. The number of carbonyl (C=O) groups is 1. The van der Waals surface area contributed by atoms with Gasteiger partial charge in [0.1, 0.15) is 0 Å². The molecular formula is C20H18N4O4S. The summed E-state index contributed by atoms with van der Waals surface area (Å²) in [5.74, 6) is -0.205. The molecule has 2 heterocycles. The average molecular weight is 410 g/mol. The van der Waals surface area contributed by atoms with E-state index in [-0.39, 0.29) is 22.7 Å². The standard InChI is InChI=1S/C20H18N4O4S/c1-12(2)29(26,27)14-9-7-13(8-10-14)19-23-24-20(28-19)22-18(25)16-11-21-17-6-4-3-5-15(16)17/h3-12,21H,1-2H3,(H,22,24,25). The van der Waals surface area contributed by atoms with Crippen LogP contribution in [0.5, 0.6) is 0 Å². The second kappa shape index (κ2) is 7.17. The van der Waals surface area contributed by atoms with E-state index >= 15 is 0 Å². The van der Waals surface area contributed by atoms with Crippen LogP contribution in [0.3, 0.4) is 0 Å². The third-order valence-corrected chi connectivity index (χ3v) is 6.70. The van der Waals surface area contributed by atoms with Gasteiger partial charge in [0.2, 0.25) is 5.89 Å². The monoisotopic (exact) mass is 410 g/mol. The van der Waals surface area contributed by atoms with Crippen molar-refractivity contribution in [3.63, 3.8) is 0 Å². The van der Waals surface area contributed by atoms with Gasteiger partial charge in [0.05, 0.1) is 15.7 Å². The number of hydrogen-bond acceptors (Lipinski definition) is 6. The molecule has 0 aliphatic rings. The van der Waals surface area contributed by atoms with E-state index in [1.54, 1.807) is 32.2 Å². The highest BCUT2D eigenvalue weighted by molar-refractivity contribution is 7.92. The Hall–Kier alpha value is -3.46. The number of benzene rings is 2. The average Bonchev–Trinajstić information content (AvgIpc) is 3.35. The number of aromatic nitrogens is 3. The fourth-order valence-electron chi connectivity index (χ4n) is 2.87. The number of nitrogens with one attached hydrogen (secondary N) is 2. The zero-order valence-electron chi connectivity index (χ0n) is 15.7. The second-order valence-corrected chi connectivity index (χ2v) is 9.24. The van der Waals surface area contributed by atoms with E-state index < -0.39 is 15.1 Å². The van der Waals surface area contributed by atoms with E-state index in [0.717, 1.165) is 10.9 Å². The summed E-state index contributed by atoms with van der Waals surface area (Å²) in [5.41, 5.74) is 1.86. The van der Waals surface area contributed by atoms with Gasteiger partial charge < -0.3 is 9.40 Å². The van der Waals surface area contributed by atoms with Crippen LogP contribution in [0.1, 0.15) is 24.2 Å². The minimum Gasteiger partial charge on any atom is -0.403 e. The van der Waals surface area contributed by atoms with Gasteiger partial charge >= 0.3 is 6.01 Å². The summed E-state index contributed by atoms with van der Waals surface area (Å²) >= 11 is 0. The smallest absolute Gasteiger partial charge is 0.322 e. The van der Waals surface area contributed by atoms with Crippen LogP contribution in [-0.4, -0.2) is 34.8 Å². The van der Waals surface area contributed by atoms with Crippen molar-refractivity contribution in [2.24, 2.45) is 0 Å². The van der Waals surface area contributed by atoms with Crippen molar-refractivity contribution in [3.8, 4) is 11.5 Å². The molecule has 148 valence electrons. The highest BCUT2D eigenvalue weighted by Crippen LogP contribution is 2.24. The van der Waals surface area contributed by atoms with E-state index in [4.69, 9.17) is 4.42 Å². The molecule has 0 atom stereocenters. The number of rotatable bonds is 5. The first-order valence-corrected chi connectivity index (χ1v) is 10.5. The van der Waals surface area contributed by atoms with Gasteiger partial charge in [0, 0.05) is 22.7 Å². The predicted octanol–water partition coefficient (Wildman–Crippen LogP) is 3.65. The van der Waals surface area contributed by atoms with Crippen molar-refractivity contribution in [2.75, 3.05) is 5.32 Å². The predicted molar refractivity (Wildman–Crippen MR) is 108 cm³/mol. The molecule has 2 N–H and O–H groups in total. The Labute approximate surface area is 166 Å². The van der Waals surface area contributed by atoms with Crippen molar-refractivity contribution in [1.29, 1.82) is 0 Å². The van der Waals surface area contributed by atoms with Crippen molar-refractivity contribution in [2.45, 2.75) is 24.0 Å². The largest absolute Gasteiger partial charge is 0.403 e. The van der Waals surface area contributed by atoms with Gasteiger partial charge in [-0.15, -0.1) is 5.10 Å². The highest BCUT2D eigenvalue weighted by Gasteiger charge is 2.20. The van der Waals surface area contributed by atoms with Crippen LogP contribution in [-0.2, 0) is 9.84 Å². The number of hydrogen-bond donors (Lipinski definition) is 2. The molecule has 0 fully saturated rings. The van der Waals surface area contributed by atoms with Crippen LogP contribution < -0.4 is 5.32 Å². The maximum atomic E-state index is 12.5. The minimum absolute atomic E-state index is 0.0471. The molecule has 1 amide bonds. The van der Waals surface area contributed by atoms with Crippen molar-refractivity contribution < 1.29 is 17.6 Å². The van der Waals surface area contributed by atoms with Gasteiger partial charge in [-0.1, -0.05) is 23.3 Å². The Balaban J connectivity index is 1.53. The molecule has 8 nitrogen and oxygen atoms in total. The van der Waals surface area contributed by atoms with Crippen molar-refractivity contribution in [1.82, 2.24) is 15.2 Å². The molecule has 4 aromatic rings. The first kappa shape index (κ1) is 18.9. The fourth-order valence-corrected chi connectivity index (χ4v) is 3.93. The van der Waals surface area contributed by atoms with Crippen molar-refractivity contribution in [3.05, 3.63) is 60.3 Å². The van der Waals surface area contributed by atoms with Gasteiger partial charge in [-0.25, -0.2) is 8.42 Å². The highest BCUT2D eigenvalue weighted by atomic mass is 32.2. The Morgan fingerprint density at radius 3 is 2.52 bits per heavy atom. The maximum absolute atomic E-state index is 12.5. The quantitative estimate of drug-likeness (QED) is 0.518. The molecule has 2 aromatic carbocycles. The van der Waals surface area contributed by atoms with Crippen LogP contribution in [0.25, 0.3) is 22.4 Å². The molecule has 0 radical (unpaired) electrons. The molecule has 0 saturated carbocycles. The van der Waals surface area contributed by atoms with Crippen LogP contribution in [0, 0.1) is 0 Å². The molecule has 0 aliphatic carbocycles. The van der Waals surface area contributed by atoms with Crippen LogP contribution in [0.4, 0.5) is 6.01 Å². The van der Waals surface area contributed by atoms with Gasteiger partial charge in [0.15, 0.2) is 9.84 Å². The Bertz CT molecular complexity index is 1290. The summed E-state index contributed by atoms with van der Waals surface area (Å²) in [4.78, 5) is 15.8. The summed E-state index contributed by atoms with van der Waals surface area (Å²) in [7, 11) is -3.36. The van der Waals surface area contributed by atoms with Crippen LogP contribution >= 0.6 is 0 Å². The molecule has 0 unspecified atom stereocenters. The molecule has 2 aromatic heterocycles. The first-order chi connectivity index (χ1) is 13.9. The lowest BCUT2D eigenvalue weighted by Gasteiger charge is -2.07. The number of aromatic amines is 1. The number of H-pyrrole nitrogens is 1. The van der Waals surface area contributed by atoms with Crippen LogP contribution in [0.2, 0.25) is 0 Å². The molecule has 9 heteroatoms. The number of carbonyl (C=O) groups excluding carboxylic acids is 1. The lowest BCUT2D eigenvalue weighted by atomic mass is 10.2. The maximum Gasteiger partial charge on any atom is 0.322 e. The lowest BCUT2D eigenvalue weighted by Crippen LogP contribution is -2.13. The topological polar surface area (TPSA) is 118 Å². The van der Waals surface area contributed by atoms with Crippen LogP contribution in [0.15, 0.2) is 64.0 Å². The van der Waals surface area contributed by atoms with Crippen molar-refractivity contribution >= 4 is 32.7 Å².